The summed E-state index contributed by atoms with van der Waals surface area (Å²) in [6.07, 6.45) is -3.28. The van der Waals surface area contributed by atoms with Crippen LogP contribution in [0.15, 0.2) is 18.2 Å². The Balaban J connectivity index is 1.33. The van der Waals surface area contributed by atoms with E-state index < -0.39 is 95.7 Å². The molecule has 7 atom stereocenters. The molecule has 0 amide bonds. The molecule has 2 aromatic rings. The topological polar surface area (TPSA) is 213 Å². The zero-order valence-electron chi connectivity index (χ0n) is 26.2. The summed E-state index contributed by atoms with van der Waals surface area (Å²) in [6, 6.07) is 3.94. The molecule has 0 spiro atoms. The van der Waals surface area contributed by atoms with Crippen LogP contribution in [0.4, 0.5) is 0 Å². The normalized spacial score (nSPS) is 30.1. The number of hydrogen-bond acceptors (Lipinski definition) is 14. The summed E-state index contributed by atoms with van der Waals surface area (Å²) in [7, 11) is 1.33. The highest BCUT2D eigenvalue weighted by Crippen LogP contribution is 2.52. The SMILES string of the molecule is COc1cccc2c1C(=O)c1c(O)c3c(c(O)c1C2=O)C[C@@](O)(C(=O)CO)CC3OC1CC(NCCCC2NCCO2)C(O)C(C)O1. The third kappa shape index (κ3) is 5.93. The molecule has 47 heavy (non-hydrogen) atoms. The second-order valence-electron chi connectivity index (χ2n) is 12.5. The molecule has 7 N–H and O–H groups in total. The predicted octanol–water partition coefficient (Wildman–Crippen LogP) is 0.358. The van der Waals surface area contributed by atoms with Gasteiger partial charge in [-0.3, -0.25) is 19.7 Å². The van der Waals surface area contributed by atoms with Crippen molar-refractivity contribution >= 4 is 17.3 Å². The first-order chi connectivity index (χ1) is 22.5. The molecule has 0 bridgehead atoms. The van der Waals surface area contributed by atoms with Gasteiger partial charge in [-0.15, -0.1) is 0 Å². The van der Waals surface area contributed by atoms with Crippen LogP contribution in [-0.4, -0.2) is 113 Å². The Morgan fingerprint density at radius 3 is 2.62 bits per heavy atom. The number of methoxy groups -OCH3 is 1. The maximum atomic E-state index is 13.8. The lowest BCUT2D eigenvalue weighted by molar-refractivity contribution is -0.249. The molecule has 2 saturated heterocycles. The maximum absolute atomic E-state index is 13.8. The molecule has 2 aliphatic carbocycles. The summed E-state index contributed by atoms with van der Waals surface area (Å²) >= 11 is 0. The molecule has 14 heteroatoms. The van der Waals surface area contributed by atoms with Gasteiger partial charge in [-0.05, 0) is 32.4 Å². The van der Waals surface area contributed by atoms with E-state index in [0.717, 1.165) is 19.4 Å². The highest BCUT2D eigenvalue weighted by Gasteiger charge is 2.50. The van der Waals surface area contributed by atoms with E-state index in [4.69, 9.17) is 18.9 Å². The molecular weight excluding hydrogens is 616 g/mol. The van der Waals surface area contributed by atoms with Gasteiger partial charge >= 0.3 is 0 Å². The highest BCUT2D eigenvalue weighted by atomic mass is 16.7. The number of nitrogens with one attached hydrogen (secondary N) is 2. The predicted molar refractivity (Wildman–Crippen MR) is 163 cm³/mol. The van der Waals surface area contributed by atoms with E-state index in [1.165, 1.54) is 25.3 Å². The number of fused-ring (bicyclic) bond motifs is 3. The number of Topliss-reactive ketones (excluding diaryl/α,β-unsaturated/α-hetero) is 1. The van der Waals surface area contributed by atoms with Gasteiger partial charge in [0.05, 0.1) is 48.7 Å². The zero-order chi connectivity index (χ0) is 33.6. The standard InChI is InChI=1S/C33H40N2O12/c1-15-28(38)18(34-8-4-7-22-35-9-10-45-22)11-23(46-15)47-20-13-33(43,21(37)14-36)12-17-25(20)32(42)27-26(30(17)40)29(39)16-5-3-6-19(44-2)24(16)31(27)41/h3,5-6,15,18,20,22-23,28,34-36,38,40,42-43H,4,7-14H2,1-2H3/t15?,18?,20?,22?,23?,28?,33-/m0/s1. The molecule has 4 aliphatic rings. The van der Waals surface area contributed by atoms with Gasteiger partial charge in [0.15, 0.2) is 17.9 Å². The van der Waals surface area contributed by atoms with Crippen molar-refractivity contribution in [2.75, 3.05) is 33.4 Å². The zero-order valence-corrected chi connectivity index (χ0v) is 26.2. The number of carbonyl (C=O) groups excluding carboxylic acids is 3. The molecule has 2 aromatic carbocycles. The lowest BCUT2D eigenvalue weighted by Crippen LogP contribution is -2.54. The molecule has 0 aromatic heterocycles. The highest BCUT2D eigenvalue weighted by molar-refractivity contribution is 6.31. The van der Waals surface area contributed by atoms with Crippen molar-refractivity contribution in [2.24, 2.45) is 0 Å². The Hall–Kier alpha value is -3.47. The fraction of sp³-hybridized carbons (Fsp3) is 0.545. The first-order valence-electron chi connectivity index (χ1n) is 15.8. The van der Waals surface area contributed by atoms with Gasteiger partial charge in [-0.2, -0.15) is 0 Å². The lowest BCUT2D eigenvalue weighted by Gasteiger charge is -2.43. The molecule has 2 fully saturated rings. The Labute approximate surface area is 270 Å². The number of phenolic OH excluding ortho intramolecular Hbond substituents is 2. The number of rotatable bonds is 10. The van der Waals surface area contributed by atoms with E-state index in [-0.39, 0.29) is 40.7 Å². The molecule has 2 aliphatic heterocycles. The average Bonchev–Trinajstić information content (AvgIpc) is 3.58. The number of aromatic hydroxyl groups is 2. The summed E-state index contributed by atoms with van der Waals surface area (Å²) in [5.41, 5.74) is -3.56. The molecule has 6 rings (SSSR count). The minimum absolute atomic E-state index is 0.00949. The molecule has 0 saturated carbocycles. The second-order valence-corrected chi connectivity index (χ2v) is 12.5. The van der Waals surface area contributed by atoms with Crippen molar-refractivity contribution in [2.45, 2.75) is 81.5 Å². The van der Waals surface area contributed by atoms with E-state index in [0.29, 0.717) is 13.2 Å². The maximum Gasteiger partial charge on any atom is 0.202 e. The minimum atomic E-state index is -2.25. The van der Waals surface area contributed by atoms with E-state index in [1.54, 1.807) is 6.92 Å². The monoisotopic (exact) mass is 656 g/mol. The largest absolute Gasteiger partial charge is 0.507 e. The third-order valence-corrected chi connectivity index (χ3v) is 9.60. The van der Waals surface area contributed by atoms with E-state index in [1.807, 2.05) is 0 Å². The second kappa shape index (κ2) is 13.2. The number of phenols is 2. The number of ketones is 3. The van der Waals surface area contributed by atoms with Crippen molar-refractivity contribution in [3.05, 3.63) is 51.6 Å². The van der Waals surface area contributed by atoms with Crippen molar-refractivity contribution in [3.63, 3.8) is 0 Å². The van der Waals surface area contributed by atoms with Crippen LogP contribution in [0.1, 0.15) is 81.7 Å². The number of hydrogen-bond donors (Lipinski definition) is 7. The Morgan fingerprint density at radius 2 is 1.91 bits per heavy atom. The molecular formula is C33H40N2O12. The van der Waals surface area contributed by atoms with Gasteiger partial charge in [-0.1, -0.05) is 12.1 Å². The van der Waals surface area contributed by atoms with Crippen molar-refractivity contribution < 1.29 is 58.9 Å². The van der Waals surface area contributed by atoms with Crippen LogP contribution in [0.5, 0.6) is 17.2 Å². The summed E-state index contributed by atoms with van der Waals surface area (Å²) in [4.78, 5) is 40.4. The Kier molecular flexibility index (Phi) is 9.39. The number of aliphatic hydroxyl groups is 3. The van der Waals surface area contributed by atoms with Gasteiger partial charge < -0.3 is 49.8 Å². The number of aliphatic hydroxyl groups excluding tert-OH is 2. The van der Waals surface area contributed by atoms with Gasteiger partial charge in [0.25, 0.3) is 0 Å². The fourth-order valence-corrected chi connectivity index (χ4v) is 7.16. The Morgan fingerprint density at radius 1 is 1.15 bits per heavy atom. The van der Waals surface area contributed by atoms with Gasteiger partial charge in [-0.25, -0.2) is 0 Å². The van der Waals surface area contributed by atoms with Crippen LogP contribution in [0.25, 0.3) is 0 Å². The van der Waals surface area contributed by atoms with E-state index in [2.05, 4.69) is 10.6 Å². The summed E-state index contributed by atoms with van der Waals surface area (Å²) < 4.78 is 23.1. The minimum Gasteiger partial charge on any atom is -0.507 e. The van der Waals surface area contributed by atoms with E-state index in [9.17, 15) is 39.9 Å². The van der Waals surface area contributed by atoms with Crippen molar-refractivity contribution in [3.8, 4) is 17.2 Å². The smallest absolute Gasteiger partial charge is 0.202 e. The molecule has 254 valence electrons. The molecule has 14 nitrogen and oxygen atoms in total. The molecule has 6 unspecified atom stereocenters. The lowest BCUT2D eigenvalue weighted by atomic mass is 9.72. The van der Waals surface area contributed by atoms with E-state index >= 15 is 0 Å². The first-order valence-corrected chi connectivity index (χ1v) is 15.8. The molecule has 2 heterocycles. The summed E-state index contributed by atoms with van der Waals surface area (Å²) in [6.45, 7) is 2.69. The fourth-order valence-electron chi connectivity index (χ4n) is 7.16. The average molecular weight is 657 g/mol. The third-order valence-electron chi connectivity index (χ3n) is 9.60. The van der Waals surface area contributed by atoms with Gasteiger partial charge in [0.2, 0.25) is 5.78 Å². The number of benzene rings is 2. The van der Waals surface area contributed by atoms with Crippen molar-refractivity contribution in [1.82, 2.24) is 10.6 Å². The van der Waals surface area contributed by atoms with Crippen molar-refractivity contribution in [1.29, 1.82) is 0 Å². The number of carbonyl (C=O) groups is 3. The number of ether oxygens (including phenoxy) is 4. The first kappa shape index (κ1) is 33.4. The summed E-state index contributed by atoms with van der Waals surface area (Å²) in [5, 5.41) is 61.8. The van der Waals surface area contributed by atoms with Gasteiger partial charge in [0, 0.05) is 48.5 Å². The van der Waals surface area contributed by atoms with Crippen LogP contribution in [0.2, 0.25) is 0 Å². The van der Waals surface area contributed by atoms with Crippen LogP contribution in [0, 0.1) is 0 Å². The summed E-state index contributed by atoms with van der Waals surface area (Å²) in [5.74, 6) is -3.71. The van der Waals surface area contributed by atoms with Crippen LogP contribution in [-0.2, 0) is 25.4 Å². The quantitative estimate of drug-likeness (QED) is 0.116. The van der Waals surface area contributed by atoms with Crippen LogP contribution < -0.4 is 15.4 Å². The molecule has 0 radical (unpaired) electrons. The Bertz CT molecular complexity index is 1570. The van der Waals surface area contributed by atoms with Gasteiger partial charge in [0.1, 0.15) is 35.7 Å². The van der Waals surface area contributed by atoms with Crippen LogP contribution >= 0.6 is 0 Å². The van der Waals surface area contributed by atoms with Crippen LogP contribution in [0.3, 0.4) is 0 Å².